The first kappa shape index (κ1) is 23.7. The fraction of sp³-hybridized carbons (Fsp3) is 0.591. The third-order valence-electron chi connectivity index (χ3n) is 5.05. The van der Waals surface area contributed by atoms with Gasteiger partial charge in [-0.05, 0) is 43.9 Å². The van der Waals surface area contributed by atoms with E-state index in [1.165, 1.54) is 44.9 Å². The van der Waals surface area contributed by atoms with Gasteiger partial charge in [0.1, 0.15) is 0 Å². The predicted molar refractivity (Wildman–Crippen MR) is 121 cm³/mol. The lowest BCUT2D eigenvalue weighted by Gasteiger charge is -2.10. The van der Waals surface area contributed by atoms with Crippen LogP contribution in [0, 0.1) is 0 Å². The minimum absolute atomic E-state index is 0.0651. The monoisotopic (exact) mass is 439 g/mol. The molecule has 0 unspecified atom stereocenters. The van der Waals surface area contributed by atoms with E-state index in [0.717, 1.165) is 31.4 Å². The van der Waals surface area contributed by atoms with Crippen LogP contribution in [-0.2, 0) is 9.59 Å². The van der Waals surface area contributed by atoms with Gasteiger partial charge in [0.2, 0.25) is 11.8 Å². The van der Waals surface area contributed by atoms with Crippen LogP contribution in [0.2, 0.25) is 10.0 Å². The van der Waals surface area contributed by atoms with E-state index in [1.807, 2.05) is 0 Å². The number of nitrogens with zero attached hydrogens (tertiary/aromatic N) is 1. The molecule has 160 valence electrons. The molecule has 0 bridgehead atoms. The summed E-state index contributed by atoms with van der Waals surface area (Å²) in [6, 6.07) is 4.84. The number of nitrogens with one attached hydrogen (secondary N) is 2. The summed E-state index contributed by atoms with van der Waals surface area (Å²) in [6.07, 6.45) is 13.3. The minimum atomic E-state index is -0.275. The van der Waals surface area contributed by atoms with Crippen molar-refractivity contribution in [2.24, 2.45) is 5.10 Å². The molecule has 1 aromatic carbocycles. The number of rotatable bonds is 5. The average Bonchev–Trinajstić information content (AvgIpc) is 2.68. The zero-order valence-electron chi connectivity index (χ0n) is 16.9. The number of carbonyl (C=O) groups excluding carboxylic acids is 2. The van der Waals surface area contributed by atoms with Crippen molar-refractivity contribution >= 4 is 46.4 Å². The fourth-order valence-corrected chi connectivity index (χ4v) is 3.82. The van der Waals surface area contributed by atoms with Crippen molar-refractivity contribution in [3.8, 4) is 0 Å². The van der Waals surface area contributed by atoms with Gasteiger partial charge in [0.25, 0.3) is 0 Å². The van der Waals surface area contributed by atoms with E-state index in [-0.39, 0.29) is 24.7 Å². The van der Waals surface area contributed by atoms with Gasteiger partial charge >= 0.3 is 0 Å². The average molecular weight is 440 g/mol. The summed E-state index contributed by atoms with van der Waals surface area (Å²) in [5.41, 5.74) is 4.18. The Bertz CT molecular complexity index is 693. The van der Waals surface area contributed by atoms with Crippen LogP contribution in [0.25, 0.3) is 0 Å². The maximum absolute atomic E-state index is 12.1. The fourth-order valence-electron chi connectivity index (χ4n) is 3.36. The normalized spacial score (nSPS) is 16.3. The lowest BCUT2D eigenvalue weighted by atomic mass is 10.00. The Balaban J connectivity index is 1.75. The molecule has 0 spiro atoms. The zero-order chi connectivity index (χ0) is 20.9. The Labute approximate surface area is 183 Å². The van der Waals surface area contributed by atoms with Gasteiger partial charge in [-0.3, -0.25) is 9.59 Å². The molecule has 1 fully saturated rings. The molecule has 1 aliphatic rings. The Hall–Kier alpha value is -1.59. The van der Waals surface area contributed by atoms with E-state index in [0.29, 0.717) is 15.7 Å². The van der Waals surface area contributed by atoms with Gasteiger partial charge in [-0.2, -0.15) is 5.10 Å². The quantitative estimate of drug-likeness (QED) is 0.514. The van der Waals surface area contributed by atoms with Crippen molar-refractivity contribution in [2.75, 3.05) is 5.32 Å². The van der Waals surface area contributed by atoms with Crippen LogP contribution in [-0.4, -0.2) is 17.5 Å². The summed E-state index contributed by atoms with van der Waals surface area (Å²) in [6.45, 7) is 0. The van der Waals surface area contributed by atoms with Crippen LogP contribution in [0.15, 0.2) is 23.3 Å². The molecule has 7 heteroatoms. The number of hydrogen-bond acceptors (Lipinski definition) is 3. The molecule has 5 nitrogen and oxygen atoms in total. The lowest BCUT2D eigenvalue weighted by molar-refractivity contribution is -0.124. The highest BCUT2D eigenvalue weighted by Gasteiger charge is 2.10. The van der Waals surface area contributed by atoms with Crippen LogP contribution < -0.4 is 10.7 Å². The second-order valence-electron chi connectivity index (χ2n) is 7.57. The van der Waals surface area contributed by atoms with E-state index in [2.05, 4.69) is 15.8 Å². The Morgan fingerprint density at radius 3 is 1.97 bits per heavy atom. The summed E-state index contributed by atoms with van der Waals surface area (Å²) in [5, 5.41) is 7.90. The summed E-state index contributed by atoms with van der Waals surface area (Å²) < 4.78 is 0. The standard InChI is InChI=1S/C22H31Cl2N3O2/c23-17-12-13-20(19(24)16-17)25-21(28)14-15-22(29)27-26-18-10-8-6-4-2-1-3-5-7-9-11-18/h12-13,16H,1-11,14-15H2,(H,25,28)(H,27,29). The maximum Gasteiger partial charge on any atom is 0.240 e. The van der Waals surface area contributed by atoms with Gasteiger partial charge in [0.15, 0.2) is 0 Å². The molecule has 0 heterocycles. The highest BCUT2D eigenvalue weighted by atomic mass is 35.5. The van der Waals surface area contributed by atoms with Crippen LogP contribution in [0.4, 0.5) is 5.69 Å². The van der Waals surface area contributed by atoms with Crippen LogP contribution in [0.1, 0.15) is 83.5 Å². The molecular formula is C22H31Cl2N3O2. The van der Waals surface area contributed by atoms with Crippen LogP contribution in [0.3, 0.4) is 0 Å². The van der Waals surface area contributed by atoms with E-state index < -0.39 is 0 Å². The number of benzene rings is 1. The first-order valence-electron chi connectivity index (χ1n) is 10.6. The number of halogens is 2. The Kier molecular flexibility index (Phi) is 11.1. The van der Waals surface area contributed by atoms with E-state index in [9.17, 15) is 9.59 Å². The first-order chi connectivity index (χ1) is 14.0. The van der Waals surface area contributed by atoms with Crippen molar-refractivity contribution in [1.82, 2.24) is 5.43 Å². The van der Waals surface area contributed by atoms with Gasteiger partial charge in [-0.25, -0.2) is 5.43 Å². The number of carbonyl (C=O) groups is 2. The van der Waals surface area contributed by atoms with Crippen molar-refractivity contribution in [1.29, 1.82) is 0 Å². The van der Waals surface area contributed by atoms with E-state index >= 15 is 0 Å². The molecule has 0 atom stereocenters. The molecule has 0 aromatic heterocycles. The molecule has 0 aliphatic heterocycles. The smallest absolute Gasteiger partial charge is 0.240 e. The van der Waals surface area contributed by atoms with Crippen molar-refractivity contribution < 1.29 is 9.59 Å². The summed E-state index contributed by atoms with van der Waals surface area (Å²) in [4.78, 5) is 24.1. The van der Waals surface area contributed by atoms with Crippen LogP contribution in [0.5, 0.6) is 0 Å². The summed E-state index contributed by atoms with van der Waals surface area (Å²) >= 11 is 11.9. The molecule has 1 aromatic rings. The third-order valence-corrected chi connectivity index (χ3v) is 5.60. The molecule has 2 amide bonds. The minimum Gasteiger partial charge on any atom is -0.325 e. The number of hydrogen-bond donors (Lipinski definition) is 2. The summed E-state index contributed by atoms with van der Waals surface area (Å²) in [7, 11) is 0. The third kappa shape index (κ3) is 10.1. The lowest BCUT2D eigenvalue weighted by Crippen LogP contribution is -2.22. The molecule has 29 heavy (non-hydrogen) atoms. The Morgan fingerprint density at radius 2 is 1.38 bits per heavy atom. The van der Waals surface area contributed by atoms with Gasteiger partial charge in [-0.15, -0.1) is 0 Å². The van der Waals surface area contributed by atoms with Gasteiger partial charge in [0.05, 0.1) is 10.7 Å². The summed E-state index contributed by atoms with van der Waals surface area (Å²) in [5.74, 6) is -0.524. The molecule has 1 saturated carbocycles. The molecule has 0 radical (unpaired) electrons. The second kappa shape index (κ2) is 13.6. The number of anilines is 1. The Morgan fingerprint density at radius 1 is 0.828 bits per heavy atom. The van der Waals surface area contributed by atoms with E-state index in [4.69, 9.17) is 23.2 Å². The maximum atomic E-state index is 12.1. The molecule has 1 aliphatic carbocycles. The van der Waals surface area contributed by atoms with Crippen molar-refractivity contribution in [3.05, 3.63) is 28.2 Å². The van der Waals surface area contributed by atoms with Crippen molar-refractivity contribution in [2.45, 2.75) is 83.5 Å². The number of amides is 2. The molecule has 2 N–H and O–H groups in total. The van der Waals surface area contributed by atoms with Gasteiger partial charge in [0, 0.05) is 23.6 Å². The van der Waals surface area contributed by atoms with E-state index in [1.54, 1.807) is 18.2 Å². The molecule has 0 saturated heterocycles. The second-order valence-corrected chi connectivity index (χ2v) is 8.41. The molecule has 2 rings (SSSR count). The van der Waals surface area contributed by atoms with Crippen molar-refractivity contribution in [3.63, 3.8) is 0 Å². The first-order valence-corrected chi connectivity index (χ1v) is 11.4. The highest BCUT2D eigenvalue weighted by molar-refractivity contribution is 6.36. The highest BCUT2D eigenvalue weighted by Crippen LogP contribution is 2.25. The van der Waals surface area contributed by atoms with Gasteiger partial charge < -0.3 is 5.32 Å². The van der Waals surface area contributed by atoms with Crippen LogP contribution >= 0.6 is 23.2 Å². The predicted octanol–water partition coefficient (Wildman–Crippen LogP) is 6.49. The zero-order valence-corrected chi connectivity index (χ0v) is 18.5. The largest absolute Gasteiger partial charge is 0.325 e. The SMILES string of the molecule is O=C(CCC(=O)Nc1ccc(Cl)cc1Cl)NN=C1CCCCCCCCCCC1. The van der Waals surface area contributed by atoms with Gasteiger partial charge in [-0.1, -0.05) is 68.1 Å². The topological polar surface area (TPSA) is 70.6 Å². The molecular weight excluding hydrogens is 409 g/mol. The number of hydrazone groups is 1.